The van der Waals surface area contributed by atoms with Crippen LogP contribution in [0.15, 0.2) is 65.6 Å². The highest BCUT2D eigenvalue weighted by Gasteiger charge is 2.07. The van der Waals surface area contributed by atoms with Crippen molar-refractivity contribution in [3.8, 4) is 11.3 Å². The van der Waals surface area contributed by atoms with Gasteiger partial charge in [0.2, 0.25) is 10.0 Å². The Bertz CT molecular complexity index is 988. The molecule has 0 atom stereocenters. The Morgan fingerprint density at radius 2 is 1.69 bits per heavy atom. The molecule has 3 rings (SSSR count). The van der Waals surface area contributed by atoms with Gasteiger partial charge >= 0.3 is 0 Å². The molecule has 0 aliphatic rings. The van der Waals surface area contributed by atoms with E-state index in [1.165, 1.54) is 12.1 Å². The van der Waals surface area contributed by atoms with Gasteiger partial charge in [-0.15, -0.1) is 0 Å². The topological polar surface area (TPSA) is 98.0 Å². The number of rotatable bonds is 6. The summed E-state index contributed by atoms with van der Waals surface area (Å²) in [6.07, 6.45) is 0.731. The second-order valence-corrected chi connectivity index (χ2v) is 7.48. The summed E-state index contributed by atoms with van der Waals surface area (Å²) in [7, 11) is -3.65. The fourth-order valence-electron chi connectivity index (χ4n) is 2.60. The predicted octanol–water partition coefficient (Wildman–Crippen LogP) is 2.75. The van der Waals surface area contributed by atoms with Crippen LogP contribution in [0, 0.1) is 6.92 Å². The number of primary sulfonamides is 1. The number of aromatic nitrogens is 2. The predicted molar refractivity (Wildman–Crippen MR) is 102 cm³/mol. The van der Waals surface area contributed by atoms with E-state index in [9.17, 15) is 8.42 Å². The Balaban J connectivity index is 1.66. The maximum absolute atomic E-state index is 11.3. The van der Waals surface area contributed by atoms with Crippen molar-refractivity contribution >= 4 is 15.8 Å². The number of hydrogen-bond acceptors (Lipinski definition) is 5. The smallest absolute Gasteiger partial charge is 0.238 e. The van der Waals surface area contributed by atoms with Crippen molar-refractivity contribution in [1.82, 2.24) is 9.97 Å². The van der Waals surface area contributed by atoms with Crippen molar-refractivity contribution in [2.24, 2.45) is 5.14 Å². The van der Waals surface area contributed by atoms with Gasteiger partial charge in [-0.05, 0) is 31.0 Å². The number of benzene rings is 2. The zero-order chi connectivity index (χ0) is 18.6. The first kappa shape index (κ1) is 18.0. The van der Waals surface area contributed by atoms with Gasteiger partial charge in [0.05, 0.1) is 10.6 Å². The van der Waals surface area contributed by atoms with Crippen LogP contribution < -0.4 is 10.5 Å². The van der Waals surface area contributed by atoms with E-state index < -0.39 is 10.0 Å². The number of nitrogens with one attached hydrogen (secondary N) is 1. The van der Waals surface area contributed by atoms with E-state index in [2.05, 4.69) is 15.3 Å². The lowest BCUT2D eigenvalue weighted by atomic mass is 10.1. The van der Waals surface area contributed by atoms with Crippen LogP contribution in [0.2, 0.25) is 0 Å². The van der Waals surface area contributed by atoms with Gasteiger partial charge in [-0.2, -0.15) is 0 Å². The Morgan fingerprint density at radius 1 is 1.00 bits per heavy atom. The first-order valence-electron chi connectivity index (χ1n) is 8.18. The molecule has 7 heteroatoms. The maximum Gasteiger partial charge on any atom is 0.238 e. The lowest BCUT2D eigenvalue weighted by molar-refractivity contribution is 0.598. The van der Waals surface area contributed by atoms with Crippen molar-refractivity contribution in [3.05, 3.63) is 72.1 Å². The van der Waals surface area contributed by atoms with E-state index in [1.54, 1.807) is 12.1 Å². The molecule has 3 N–H and O–H groups in total. The van der Waals surface area contributed by atoms with E-state index in [-0.39, 0.29) is 4.90 Å². The second-order valence-electron chi connectivity index (χ2n) is 5.92. The quantitative estimate of drug-likeness (QED) is 0.697. The molecular weight excluding hydrogens is 348 g/mol. The highest BCUT2D eigenvalue weighted by molar-refractivity contribution is 7.89. The molecule has 0 saturated carbocycles. The molecule has 0 bridgehead atoms. The minimum atomic E-state index is -3.65. The molecule has 0 fully saturated rings. The van der Waals surface area contributed by atoms with E-state index in [0.29, 0.717) is 12.4 Å². The van der Waals surface area contributed by atoms with Gasteiger partial charge in [-0.3, -0.25) is 0 Å². The molecule has 26 heavy (non-hydrogen) atoms. The number of hydrogen-bond donors (Lipinski definition) is 2. The van der Waals surface area contributed by atoms with Gasteiger partial charge in [-0.1, -0.05) is 42.5 Å². The molecule has 0 aliphatic heterocycles. The standard InChI is InChI=1S/C19H20N4O2S/c1-14-22-18(16-5-3-2-4-6-16)13-19(23-14)21-12-11-15-7-9-17(10-8-15)26(20,24)25/h2-10,13H,11-12H2,1H3,(H2,20,24,25)(H,21,22,23). The lowest BCUT2D eigenvalue weighted by Gasteiger charge is -2.09. The molecule has 6 nitrogen and oxygen atoms in total. The number of anilines is 1. The molecule has 1 aromatic heterocycles. The number of sulfonamides is 1. The summed E-state index contributed by atoms with van der Waals surface area (Å²) in [5, 5.41) is 8.40. The van der Waals surface area contributed by atoms with Gasteiger partial charge < -0.3 is 5.32 Å². The third-order valence-corrected chi connectivity index (χ3v) is 4.81. The van der Waals surface area contributed by atoms with Gasteiger partial charge in [0, 0.05) is 18.2 Å². The molecule has 0 unspecified atom stereocenters. The van der Waals surface area contributed by atoms with Gasteiger partial charge in [-0.25, -0.2) is 23.5 Å². The second kappa shape index (κ2) is 7.63. The third kappa shape index (κ3) is 4.65. The highest BCUT2D eigenvalue weighted by Crippen LogP contribution is 2.19. The Hall–Kier alpha value is -2.77. The summed E-state index contributed by atoms with van der Waals surface area (Å²) < 4.78 is 22.6. The maximum atomic E-state index is 11.3. The lowest BCUT2D eigenvalue weighted by Crippen LogP contribution is -2.12. The van der Waals surface area contributed by atoms with Crippen molar-refractivity contribution in [1.29, 1.82) is 0 Å². The molecule has 0 aliphatic carbocycles. The van der Waals surface area contributed by atoms with Gasteiger partial charge in [0.25, 0.3) is 0 Å². The minimum Gasteiger partial charge on any atom is -0.370 e. The monoisotopic (exact) mass is 368 g/mol. The van der Waals surface area contributed by atoms with Gasteiger partial charge in [0.15, 0.2) is 0 Å². The van der Waals surface area contributed by atoms with Crippen molar-refractivity contribution in [2.75, 3.05) is 11.9 Å². The molecule has 0 amide bonds. The zero-order valence-corrected chi connectivity index (χ0v) is 15.2. The van der Waals surface area contributed by atoms with Crippen LogP contribution in [0.25, 0.3) is 11.3 Å². The average Bonchev–Trinajstić information content (AvgIpc) is 2.62. The van der Waals surface area contributed by atoms with E-state index >= 15 is 0 Å². The molecular formula is C19H20N4O2S. The van der Waals surface area contributed by atoms with Crippen LogP contribution >= 0.6 is 0 Å². The largest absolute Gasteiger partial charge is 0.370 e. The molecule has 134 valence electrons. The molecule has 2 aromatic carbocycles. The van der Waals surface area contributed by atoms with Crippen LogP contribution in [0.4, 0.5) is 5.82 Å². The van der Waals surface area contributed by atoms with E-state index in [0.717, 1.165) is 29.1 Å². The number of aryl methyl sites for hydroxylation is 1. The van der Waals surface area contributed by atoms with E-state index in [4.69, 9.17) is 5.14 Å². The Kier molecular flexibility index (Phi) is 5.29. The Labute approximate surface area is 153 Å². The third-order valence-electron chi connectivity index (χ3n) is 3.88. The summed E-state index contributed by atoms with van der Waals surface area (Å²) in [5.74, 6) is 1.46. The average molecular weight is 368 g/mol. The van der Waals surface area contributed by atoms with E-state index in [1.807, 2.05) is 43.3 Å². The highest BCUT2D eigenvalue weighted by atomic mass is 32.2. The van der Waals surface area contributed by atoms with Crippen LogP contribution in [-0.2, 0) is 16.4 Å². The molecule has 1 heterocycles. The van der Waals surface area contributed by atoms with Crippen LogP contribution in [0.5, 0.6) is 0 Å². The van der Waals surface area contributed by atoms with Crippen molar-refractivity contribution in [3.63, 3.8) is 0 Å². The minimum absolute atomic E-state index is 0.119. The van der Waals surface area contributed by atoms with Crippen molar-refractivity contribution in [2.45, 2.75) is 18.2 Å². The molecule has 0 saturated heterocycles. The first-order valence-corrected chi connectivity index (χ1v) is 9.73. The fourth-order valence-corrected chi connectivity index (χ4v) is 3.11. The number of nitrogens with two attached hydrogens (primary N) is 1. The van der Waals surface area contributed by atoms with Crippen LogP contribution in [0.1, 0.15) is 11.4 Å². The SMILES string of the molecule is Cc1nc(NCCc2ccc(S(N)(=O)=O)cc2)cc(-c2ccccc2)n1. The summed E-state index contributed by atoms with van der Waals surface area (Å²) in [6.45, 7) is 2.53. The fraction of sp³-hybridized carbons (Fsp3) is 0.158. The summed E-state index contributed by atoms with van der Waals surface area (Å²) in [4.78, 5) is 9.02. The number of nitrogens with zero attached hydrogens (tertiary/aromatic N) is 2. The molecule has 3 aromatic rings. The first-order chi connectivity index (χ1) is 12.4. The summed E-state index contributed by atoms with van der Waals surface area (Å²) in [5.41, 5.74) is 2.93. The Morgan fingerprint density at radius 3 is 2.35 bits per heavy atom. The van der Waals surface area contributed by atoms with Gasteiger partial charge in [0.1, 0.15) is 11.6 Å². The summed E-state index contributed by atoms with van der Waals surface area (Å²) >= 11 is 0. The normalized spacial score (nSPS) is 11.3. The van der Waals surface area contributed by atoms with Crippen molar-refractivity contribution < 1.29 is 8.42 Å². The molecule has 0 spiro atoms. The molecule has 0 radical (unpaired) electrons. The van der Waals surface area contributed by atoms with Crippen LogP contribution in [0.3, 0.4) is 0 Å². The zero-order valence-electron chi connectivity index (χ0n) is 14.4. The van der Waals surface area contributed by atoms with Crippen LogP contribution in [-0.4, -0.2) is 24.9 Å². The summed E-state index contributed by atoms with van der Waals surface area (Å²) in [6, 6.07) is 18.4.